The van der Waals surface area contributed by atoms with Crippen molar-refractivity contribution >= 4 is 23.5 Å². The Morgan fingerprint density at radius 3 is 2.77 bits per heavy atom. The van der Waals surface area contributed by atoms with Crippen molar-refractivity contribution in [2.45, 2.75) is 30.8 Å². The van der Waals surface area contributed by atoms with E-state index in [1.54, 1.807) is 36.4 Å². The van der Waals surface area contributed by atoms with E-state index in [1.807, 2.05) is 6.92 Å². The van der Waals surface area contributed by atoms with Gasteiger partial charge in [0.1, 0.15) is 36.8 Å². The van der Waals surface area contributed by atoms with Crippen molar-refractivity contribution in [2.75, 3.05) is 19.4 Å². The number of ether oxygens (including phenoxy) is 2. The second kappa shape index (κ2) is 8.06. The van der Waals surface area contributed by atoms with Crippen LogP contribution in [0.15, 0.2) is 47.7 Å². The number of aliphatic hydroxyl groups is 2. The number of hydrogen-bond donors (Lipinski definition) is 3. The van der Waals surface area contributed by atoms with Gasteiger partial charge >= 0.3 is 5.97 Å². The molecule has 1 fully saturated rings. The highest BCUT2D eigenvalue weighted by Gasteiger charge is 2.56. The molecule has 3 aromatic rings. The summed E-state index contributed by atoms with van der Waals surface area (Å²) < 4.78 is 12.9. The van der Waals surface area contributed by atoms with E-state index in [4.69, 9.17) is 15.2 Å². The topological polar surface area (TPSA) is 145 Å². The number of nitrogens with two attached hydrogens (primary N) is 1. The minimum Gasteiger partial charge on any atom is -0.459 e. The third kappa shape index (κ3) is 3.54. The van der Waals surface area contributed by atoms with Crippen LogP contribution in [-0.2, 0) is 15.1 Å². The van der Waals surface area contributed by atoms with E-state index in [0.717, 1.165) is 5.56 Å². The molecule has 1 aliphatic heterocycles. The molecular weight excluding hydrogens is 402 g/mol. The summed E-state index contributed by atoms with van der Waals surface area (Å²) in [7, 11) is 1.52. The van der Waals surface area contributed by atoms with E-state index in [-0.39, 0.29) is 12.4 Å². The summed E-state index contributed by atoms with van der Waals surface area (Å²) in [5.41, 5.74) is 6.69. The quantitative estimate of drug-likeness (QED) is 0.396. The molecule has 4 atom stereocenters. The van der Waals surface area contributed by atoms with Crippen LogP contribution in [0.4, 0.5) is 5.82 Å². The molecule has 0 bridgehead atoms. The van der Waals surface area contributed by atoms with Gasteiger partial charge in [-0.1, -0.05) is 17.7 Å². The molecule has 1 aliphatic rings. The Labute approximate surface area is 178 Å². The van der Waals surface area contributed by atoms with Crippen LogP contribution >= 0.6 is 0 Å². The number of nitrogens with zero attached hydrogens (tertiary/aromatic N) is 4. The number of hydrogen-bond acceptors (Lipinski definition) is 9. The summed E-state index contributed by atoms with van der Waals surface area (Å²) >= 11 is 0. The zero-order valence-corrected chi connectivity index (χ0v) is 17.0. The van der Waals surface area contributed by atoms with E-state index in [2.05, 4.69) is 15.1 Å². The van der Waals surface area contributed by atoms with Crippen molar-refractivity contribution in [1.82, 2.24) is 14.6 Å². The lowest BCUT2D eigenvalue weighted by Gasteiger charge is -2.27. The van der Waals surface area contributed by atoms with Crippen molar-refractivity contribution in [2.24, 2.45) is 4.99 Å². The second-order valence-corrected chi connectivity index (χ2v) is 7.40. The van der Waals surface area contributed by atoms with E-state index < -0.39 is 29.9 Å². The van der Waals surface area contributed by atoms with Crippen LogP contribution in [0.25, 0.3) is 5.52 Å². The minimum atomic E-state index is -1.53. The summed E-state index contributed by atoms with van der Waals surface area (Å²) in [6, 6.07) is 10.3. The molecule has 31 heavy (non-hydrogen) atoms. The van der Waals surface area contributed by atoms with Gasteiger partial charge in [-0.2, -0.15) is 5.10 Å². The number of aromatic nitrogens is 3. The van der Waals surface area contributed by atoms with Crippen LogP contribution in [0.2, 0.25) is 0 Å². The van der Waals surface area contributed by atoms with Crippen LogP contribution < -0.4 is 5.73 Å². The number of fused-ring (bicyclic) bond motifs is 1. The number of nitrogen functional groups attached to an aromatic ring is 1. The van der Waals surface area contributed by atoms with Crippen molar-refractivity contribution < 1.29 is 24.5 Å². The number of anilines is 1. The zero-order chi connectivity index (χ0) is 22.2. The predicted octanol–water partition coefficient (Wildman–Crippen LogP) is 0.493. The van der Waals surface area contributed by atoms with E-state index in [1.165, 1.54) is 24.1 Å². The van der Waals surface area contributed by atoms with Crippen LogP contribution in [0, 0.1) is 6.92 Å². The van der Waals surface area contributed by atoms with E-state index >= 15 is 0 Å². The van der Waals surface area contributed by atoms with E-state index in [0.29, 0.717) is 16.8 Å². The molecule has 0 amide bonds. The van der Waals surface area contributed by atoms with Crippen LogP contribution in [0.5, 0.6) is 0 Å². The number of esters is 1. The molecule has 4 rings (SSSR count). The fourth-order valence-electron chi connectivity index (χ4n) is 3.74. The third-order valence-electron chi connectivity index (χ3n) is 5.36. The highest BCUT2D eigenvalue weighted by molar-refractivity contribution is 5.89. The molecule has 0 aliphatic carbocycles. The first kappa shape index (κ1) is 20.9. The number of aryl methyl sites for hydroxylation is 1. The molecule has 3 heterocycles. The largest absolute Gasteiger partial charge is 0.459 e. The minimum absolute atomic E-state index is 0.251. The highest BCUT2D eigenvalue weighted by Crippen LogP contribution is 2.39. The normalized spacial score (nSPS) is 26.0. The maximum Gasteiger partial charge on any atom is 0.338 e. The summed E-state index contributed by atoms with van der Waals surface area (Å²) in [6.45, 7) is 1.66. The smallest absolute Gasteiger partial charge is 0.338 e. The van der Waals surface area contributed by atoms with Gasteiger partial charge in [-0.25, -0.2) is 14.3 Å². The Morgan fingerprint density at radius 1 is 1.32 bits per heavy atom. The summed E-state index contributed by atoms with van der Waals surface area (Å²) in [6.07, 6.45) is -1.06. The average molecular weight is 425 g/mol. The van der Waals surface area contributed by atoms with Gasteiger partial charge in [0.15, 0.2) is 11.4 Å². The lowest BCUT2D eigenvalue weighted by molar-refractivity contribution is -0.0588. The van der Waals surface area contributed by atoms with Crippen LogP contribution in [-0.4, -0.2) is 69.0 Å². The molecule has 0 radical (unpaired) electrons. The molecule has 162 valence electrons. The van der Waals surface area contributed by atoms with Gasteiger partial charge in [-0.05, 0) is 31.2 Å². The van der Waals surface area contributed by atoms with Gasteiger partial charge in [0.2, 0.25) is 0 Å². The Kier molecular flexibility index (Phi) is 5.44. The number of benzene rings is 1. The molecule has 10 heteroatoms. The second-order valence-electron chi connectivity index (χ2n) is 7.40. The van der Waals surface area contributed by atoms with Gasteiger partial charge in [0.25, 0.3) is 0 Å². The molecule has 0 unspecified atom stereocenters. The Balaban J connectivity index is 1.61. The molecular formula is C21H23N5O5. The first-order chi connectivity index (χ1) is 14.9. The lowest BCUT2D eigenvalue weighted by Crippen LogP contribution is -2.43. The van der Waals surface area contributed by atoms with Crippen molar-refractivity contribution in [3.05, 3.63) is 59.5 Å². The van der Waals surface area contributed by atoms with Crippen molar-refractivity contribution in [3.63, 3.8) is 0 Å². The van der Waals surface area contributed by atoms with Gasteiger partial charge in [-0.3, -0.25) is 4.99 Å². The molecule has 0 spiro atoms. The van der Waals surface area contributed by atoms with Gasteiger partial charge in [0.05, 0.1) is 11.3 Å². The number of aliphatic imine (C=N–C) groups is 1. The molecule has 1 saturated heterocycles. The molecule has 0 saturated carbocycles. The maximum atomic E-state index is 12.3. The van der Waals surface area contributed by atoms with E-state index in [9.17, 15) is 15.0 Å². The average Bonchev–Trinajstić information content (AvgIpc) is 3.30. The van der Waals surface area contributed by atoms with Crippen LogP contribution in [0.1, 0.15) is 21.6 Å². The van der Waals surface area contributed by atoms with Crippen LogP contribution in [0.3, 0.4) is 0 Å². The predicted molar refractivity (Wildman–Crippen MR) is 112 cm³/mol. The Bertz CT molecular complexity index is 1130. The summed E-state index contributed by atoms with van der Waals surface area (Å²) in [4.78, 5) is 20.3. The number of aliphatic hydroxyl groups excluding tert-OH is 2. The fourth-order valence-corrected chi connectivity index (χ4v) is 3.74. The fraction of sp³-hybridized carbons (Fsp3) is 0.333. The molecule has 10 nitrogen and oxygen atoms in total. The van der Waals surface area contributed by atoms with Gasteiger partial charge in [0, 0.05) is 13.3 Å². The molecule has 4 N–H and O–H groups in total. The zero-order valence-electron chi connectivity index (χ0n) is 17.0. The van der Waals surface area contributed by atoms with Gasteiger partial charge < -0.3 is 25.4 Å². The number of carbonyl (C=O) groups is 1. The summed E-state index contributed by atoms with van der Waals surface area (Å²) in [5, 5.41) is 25.8. The SMILES string of the molecule is CN=C[C@@]1(c2ccc3c(N)ncnn23)O[C@H](COC(=O)c2ccc(C)cc2)[C@@H](O)[C@H]1O. The number of carbonyl (C=O) groups excluding carboxylic acids is 1. The Hall–Kier alpha value is -3.34. The number of rotatable bonds is 5. The highest BCUT2D eigenvalue weighted by atomic mass is 16.6. The lowest BCUT2D eigenvalue weighted by atomic mass is 9.92. The monoisotopic (exact) mass is 425 g/mol. The first-order valence-electron chi connectivity index (χ1n) is 9.67. The molecule has 2 aromatic heterocycles. The molecule has 1 aromatic carbocycles. The first-order valence-corrected chi connectivity index (χ1v) is 9.67. The summed E-state index contributed by atoms with van der Waals surface area (Å²) in [5.74, 6) is -0.304. The standard InChI is InChI=1S/C21H23N5O5/c1-12-3-5-13(6-4-12)20(29)30-9-15-17(27)18(28)21(31-15,10-23-2)16-8-7-14-19(22)24-11-25-26(14)16/h3-8,10-11,15,17-18,27-28H,9H2,1-2H3,(H2,22,24,25)/t15-,17-,18-,21+/m1/s1. The maximum absolute atomic E-state index is 12.3. The Morgan fingerprint density at radius 2 is 2.06 bits per heavy atom. The third-order valence-corrected chi connectivity index (χ3v) is 5.36. The van der Waals surface area contributed by atoms with Gasteiger partial charge in [-0.15, -0.1) is 0 Å². The van der Waals surface area contributed by atoms with Crippen molar-refractivity contribution in [1.29, 1.82) is 0 Å². The van der Waals surface area contributed by atoms with Crippen molar-refractivity contribution in [3.8, 4) is 0 Å².